The van der Waals surface area contributed by atoms with E-state index in [1.54, 1.807) is 31.3 Å². The average molecular weight is 457 g/mol. The number of rotatable bonds is 10. The first-order valence-electron chi connectivity index (χ1n) is 10.5. The molecule has 3 rings (SSSR count). The lowest BCUT2D eigenvalue weighted by Gasteiger charge is -2.16. The van der Waals surface area contributed by atoms with Crippen LogP contribution in [0.15, 0.2) is 42.1 Å². The molecule has 8 heteroatoms. The van der Waals surface area contributed by atoms with Gasteiger partial charge in [0, 0.05) is 12.1 Å². The Morgan fingerprint density at radius 2 is 1.75 bits per heavy atom. The zero-order valence-corrected chi connectivity index (χ0v) is 19.6. The largest absolute Gasteiger partial charge is 0.493 e. The van der Waals surface area contributed by atoms with Gasteiger partial charge in [0.25, 0.3) is 5.91 Å². The minimum absolute atomic E-state index is 0.184. The van der Waals surface area contributed by atoms with Gasteiger partial charge in [-0.3, -0.25) is 9.69 Å². The Labute approximate surface area is 193 Å². The van der Waals surface area contributed by atoms with Crippen LogP contribution in [0.3, 0.4) is 0 Å². The molecule has 2 aromatic rings. The molecule has 0 unspecified atom stereocenters. The van der Waals surface area contributed by atoms with E-state index in [0.717, 1.165) is 11.1 Å². The number of hydrogen-bond donors (Lipinski definition) is 1. The number of carbonyl (C=O) groups is 1. The number of amides is 1. The van der Waals surface area contributed by atoms with Gasteiger partial charge in [0.05, 0.1) is 27.4 Å². The third-order valence-corrected chi connectivity index (χ3v) is 5.25. The summed E-state index contributed by atoms with van der Waals surface area (Å²) in [6.07, 6.45) is 2.34. The fourth-order valence-electron chi connectivity index (χ4n) is 3.45. The monoisotopic (exact) mass is 456 g/mol. The van der Waals surface area contributed by atoms with Gasteiger partial charge >= 0.3 is 0 Å². The standard InChI is InChI=1S/C24H28N2O5S/c1-5-30-19-11-10-16(14-21(19)31-6-2)12-13-26-23(27)18(25-24(26)32)15-17-8-7-9-20(28-3)22(17)29-4/h7-11,14-15H,5-6,12-13H2,1-4H3,(H,25,32)/b18-15+. The highest BCUT2D eigenvalue weighted by Crippen LogP contribution is 2.33. The van der Waals surface area contributed by atoms with Crippen LogP contribution in [0, 0.1) is 0 Å². The Balaban J connectivity index is 1.75. The Morgan fingerprint density at radius 3 is 2.44 bits per heavy atom. The van der Waals surface area contributed by atoms with Crippen LogP contribution in [-0.2, 0) is 11.2 Å². The minimum atomic E-state index is -0.184. The number of para-hydroxylation sites is 1. The van der Waals surface area contributed by atoms with E-state index in [2.05, 4.69) is 5.32 Å². The van der Waals surface area contributed by atoms with E-state index in [1.165, 1.54) is 0 Å². The van der Waals surface area contributed by atoms with E-state index < -0.39 is 0 Å². The predicted octanol–water partition coefficient (Wildman–Crippen LogP) is 3.80. The summed E-state index contributed by atoms with van der Waals surface area (Å²) in [6, 6.07) is 11.3. The third kappa shape index (κ3) is 5.13. The topological polar surface area (TPSA) is 69.3 Å². The Kier molecular flexibility index (Phi) is 7.94. The van der Waals surface area contributed by atoms with E-state index in [0.29, 0.717) is 60.0 Å². The Hall–Kier alpha value is -3.26. The molecular weight excluding hydrogens is 428 g/mol. The molecule has 0 bridgehead atoms. The second-order valence-corrected chi connectivity index (χ2v) is 7.31. The summed E-state index contributed by atoms with van der Waals surface area (Å²) >= 11 is 5.41. The van der Waals surface area contributed by atoms with E-state index in [-0.39, 0.29) is 5.91 Å². The maximum atomic E-state index is 13.0. The molecule has 2 aromatic carbocycles. The number of carbonyl (C=O) groups excluding carboxylic acids is 1. The molecular formula is C24H28N2O5S. The van der Waals surface area contributed by atoms with Crippen molar-refractivity contribution in [3.05, 3.63) is 53.2 Å². The lowest BCUT2D eigenvalue weighted by Crippen LogP contribution is -2.32. The van der Waals surface area contributed by atoms with Gasteiger partial charge in [-0.2, -0.15) is 0 Å². The second kappa shape index (κ2) is 10.9. The zero-order chi connectivity index (χ0) is 23.1. The zero-order valence-electron chi connectivity index (χ0n) is 18.8. The summed E-state index contributed by atoms with van der Waals surface area (Å²) in [6.45, 7) is 5.42. The molecule has 1 N–H and O–H groups in total. The summed E-state index contributed by atoms with van der Waals surface area (Å²) in [5, 5.41) is 3.39. The molecule has 32 heavy (non-hydrogen) atoms. The first-order chi connectivity index (χ1) is 15.5. The first-order valence-corrected chi connectivity index (χ1v) is 10.9. The van der Waals surface area contributed by atoms with Crippen molar-refractivity contribution < 1.29 is 23.7 Å². The quantitative estimate of drug-likeness (QED) is 0.431. The summed E-state index contributed by atoms with van der Waals surface area (Å²) in [4.78, 5) is 14.6. The van der Waals surface area contributed by atoms with Crippen LogP contribution in [0.5, 0.6) is 23.0 Å². The highest BCUT2D eigenvalue weighted by Gasteiger charge is 2.30. The average Bonchev–Trinajstić information content (AvgIpc) is 3.06. The van der Waals surface area contributed by atoms with Crippen LogP contribution in [0.25, 0.3) is 6.08 Å². The van der Waals surface area contributed by atoms with Crippen LogP contribution in [-0.4, -0.2) is 49.9 Å². The van der Waals surface area contributed by atoms with Crippen LogP contribution >= 0.6 is 12.2 Å². The van der Waals surface area contributed by atoms with E-state index >= 15 is 0 Å². The van der Waals surface area contributed by atoms with Gasteiger partial charge in [0.1, 0.15) is 5.70 Å². The van der Waals surface area contributed by atoms with Crippen molar-refractivity contribution in [2.75, 3.05) is 34.0 Å². The summed E-state index contributed by atoms with van der Waals surface area (Å²) in [5.74, 6) is 2.37. The minimum Gasteiger partial charge on any atom is -0.493 e. The molecule has 7 nitrogen and oxygen atoms in total. The number of hydrogen-bond acceptors (Lipinski definition) is 6. The van der Waals surface area contributed by atoms with Gasteiger partial charge in [-0.1, -0.05) is 18.2 Å². The molecule has 1 saturated heterocycles. The molecule has 0 atom stereocenters. The van der Waals surface area contributed by atoms with Gasteiger partial charge < -0.3 is 24.3 Å². The van der Waals surface area contributed by atoms with E-state index in [9.17, 15) is 4.79 Å². The predicted molar refractivity (Wildman–Crippen MR) is 127 cm³/mol. The number of thiocarbonyl (C=S) groups is 1. The fraction of sp³-hybridized carbons (Fsp3) is 0.333. The van der Waals surface area contributed by atoms with E-state index in [1.807, 2.05) is 44.2 Å². The highest BCUT2D eigenvalue weighted by molar-refractivity contribution is 7.80. The van der Waals surface area contributed by atoms with Crippen LogP contribution < -0.4 is 24.3 Å². The maximum absolute atomic E-state index is 13.0. The Morgan fingerprint density at radius 1 is 1.00 bits per heavy atom. The lowest BCUT2D eigenvalue weighted by atomic mass is 10.1. The van der Waals surface area contributed by atoms with Crippen molar-refractivity contribution >= 4 is 29.3 Å². The molecule has 0 aromatic heterocycles. The number of nitrogens with zero attached hydrogens (tertiary/aromatic N) is 1. The third-order valence-electron chi connectivity index (χ3n) is 4.93. The van der Waals surface area contributed by atoms with Crippen molar-refractivity contribution in [3.63, 3.8) is 0 Å². The lowest BCUT2D eigenvalue weighted by molar-refractivity contribution is -0.122. The summed E-state index contributed by atoms with van der Waals surface area (Å²) < 4.78 is 22.1. The molecule has 0 saturated carbocycles. The molecule has 0 aliphatic carbocycles. The molecule has 1 amide bonds. The van der Waals surface area contributed by atoms with Gasteiger partial charge in [-0.15, -0.1) is 0 Å². The normalized spacial score (nSPS) is 14.5. The van der Waals surface area contributed by atoms with Crippen LogP contribution in [0.2, 0.25) is 0 Å². The van der Waals surface area contributed by atoms with Gasteiger partial charge in [-0.05, 0) is 62.3 Å². The molecule has 0 spiro atoms. The van der Waals surface area contributed by atoms with Crippen molar-refractivity contribution in [3.8, 4) is 23.0 Å². The molecule has 1 aliphatic rings. The fourth-order valence-corrected chi connectivity index (χ4v) is 3.73. The second-order valence-electron chi connectivity index (χ2n) is 6.92. The number of nitrogens with one attached hydrogen (secondary N) is 1. The molecule has 1 heterocycles. The highest BCUT2D eigenvalue weighted by atomic mass is 32.1. The first kappa shape index (κ1) is 23.4. The van der Waals surface area contributed by atoms with Crippen LogP contribution in [0.1, 0.15) is 25.0 Å². The van der Waals surface area contributed by atoms with Crippen molar-refractivity contribution in [2.24, 2.45) is 0 Å². The van der Waals surface area contributed by atoms with E-state index in [4.69, 9.17) is 31.2 Å². The summed E-state index contributed by atoms with van der Waals surface area (Å²) in [7, 11) is 3.14. The van der Waals surface area contributed by atoms with Gasteiger partial charge in [-0.25, -0.2) is 0 Å². The Bertz CT molecular complexity index is 1020. The van der Waals surface area contributed by atoms with Gasteiger partial charge in [0.15, 0.2) is 28.1 Å². The molecule has 0 radical (unpaired) electrons. The SMILES string of the molecule is CCOc1ccc(CCN2C(=O)/C(=C\c3cccc(OC)c3OC)NC2=S)cc1OCC. The molecule has 1 aliphatic heterocycles. The van der Waals surface area contributed by atoms with Crippen molar-refractivity contribution in [1.82, 2.24) is 10.2 Å². The number of benzene rings is 2. The smallest absolute Gasteiger partial charge is 0.276 e. The van der Waals surface area contributed by atoms with Crippen molar-refractivity contribution in [1.29, 1.82) is 0 Å². The number of ether oxygens (including phenoxy) is 4. The summed E-state index contributed by atoms with van der Waals surface area (Å²) in [5.41, 5.74) is 2.14. The molecule has 170 valence electrons. The maximum Gasteiger partial charge on any atom is 0.276 e. The molecule has 1 fully saturated rings. The number of methoxy groups -OCH3 is 2. The van der Waals surface area contributed by atoms with Crippen molar-refractivity contribution in [2.45, 2.75) is 20.3 Å². The van der Waals surface area contributed by atoms with Gasteiger partial charge in [0.2, 0.25) is 0 Å². The van der Waals surface area contributed by atoms with Crippen LogP contribution in [0.4, 0.5) is 0 Å².